The molecule has 0 saturated carbocycles. The van der Waals surface area contributed by atoms with Crippen LogP contribution in [0.15, 0.2) is 66.1 Å². The molecular weight excluding hydrogens is 341 g/mol. The number of sulfonamides is 1. The van der Waals surface area contributed by atoms with E-state index in [-0.39, 0.29) is 11.4 Å². The van der Waals surface area contributed by atoms with Gasteiger partial charge < -0.3 is 4.57 Å². The summed E-state index contributed by atoms with van der Waals surface area (Å²) in [5.74, 6) is -0.535. The first-order valence-electron chi connectivity index (χ1n) is 7.73. The molecule has 25 heavy (non-hydrogen) atoms. The van der Waals surface area contributed by atoms with Gasteiger partial charge in [0.1, 0.15) is 5.82 Å². The highest BCUT2D eigenvalue weighted by atomic mass is 32.2. The lowest BCUT2D eigenvalue weighted by molar-refractivity contribution is 0.576. The van der Waals surface area contributed by atoms with Crippen LogP contribution in [0.2, 0.25) is 0 Å². The van der Waals surface area contributed by atoms with Gasteiger partial charge in [-0.2, -0.15) is 0 Å². The van der Waals surface area contributed by atoms with Gasteiger partial charge in [0.2, 0.25) is 10.0 Å². The van der Waals surface area contributed by atoms with E-state index < -0.39 is 15.8 Å². The van der Waals surface area contributed by atoms with Crippen LogP contribution in [0.4, 0.5) is 4.39 Å². The van der Waals surface area contributed by atoms with Gasteiger partial charge in [0.05, 0.1) is 11.2 Å². The molecule has 0 bridgehead atoms. The van der Waals surface area contributed by atoms with Crippen LogP contribution >= 0.6 is 0 Å². The number of nitrogens with one attached hydrogen (secondary N) is 1. The Kier molecular flexibility index (Phi) is 4.96. The van der Waals surface area contributed by atoms with E-state index >= 15 is 0 Å². The Balaban J connectivity index is 1.65. The first-order valence-corrected chi connectivity index (χ1v) is 9.22. The monoisotopic (exact) mass is 359 g/mol. The van der Waals surface area contributed by atoms with Gasteiger partial charge in [-0.15, -0.1) is 0 Å². The number of aromatic nitrogens is 2. The molecule has 0 atom stereocenters. The molecule has 0 radical (unpaired) electrons. The van der Waals surface area contributed by atoms with E-state index in [1.165, 1.54) is 12.1 Å². The maximum Gasteiger partial charge on any atom is 0.240 e. The fourth-order valence-corrected chi connectivity index (χ4v) is 3.39. The summed E-state index contributed by atoms with van der Waals surface area (Å²) in [6.45, 7) is 2.43. The molecule has 1 aromatic heterocycles. The lowest BCUT2D eigenvalue weighted by Crippen LogP contribution is -2.23. The van der Waals surface area contributed by atoms with Crippen LogP contribution < -0.4 is 4.72 Å². The average molecular weight is 359 g/mol. The second-order valence-electron chi connectivity index (χ2n) is 5.79. The van der Waals surface area contributed by atoms with Gasteiger partial charge >= 0.3 is 0 Å². The second-order valence-corrected chi connectivity index (χ2v) is 7.55. The fourth-order valence-electron chi connectivity index (χ4n) is 2.36. The van der Waals surface area contributed by atoms with E-state index in [2.05, 4.69) is 9.71 Å². The Morgan fingerprint density at radius 3 is 2.48 bits per heavy atom. The van der Waals surface area contributed by atoms with E-state index in [9.17, 15) is 12.8 Å². The van der Waals surface area contributed by atoms with Gasteiger partial charge in [-0.3, -0.25) is 0 Å². The smallest absolute Gasteiger partial charge is 0.240 e. The number of aryl methyl sites for hydroxylation is 1. The third kappa shape index (κ3) is 4.32. The maximum absolute atomic E-state index is 13.6. The zero-order chi connectivity index (χ0) is 17.9. The highest BCUT2D eigenvalue weighted by Gasteiger charge is 2.15. The molecular formula is C18H18FN3O2S. The van der Waals surface area contributed by atoms with Crippen molar-refractivity contribution >= 4 is 10.0 Å². The summed E-state index contributed by atoms with van der Waals surface area (Å²) in [5, 5.41) is 0. The number of hydrogen-bond donors (Lipinski definition) is 1. The predicted molar refractivity (Wildman–Crippen MR) is 92.9 cm³/mol. The van der Waals surface area contributed by atoms with Crippen molar-refractivity contribution in [2.24, 2.45) is 0 Å². The van der Waals surface area contributed by atoms with E-state index in [0.717, 1.165) is 17.2 Å². The minimum absolute atomic E-state index is 0.0765. The summed E-state index contributed by atoms with van der Waals surface area (Å²) in [4.78, 5) is 3.92. The summed E-state index contributed by atoms with van der Waals surface area (Å²) >= 11 is 0. The Morgan fingerprint density at radius 2 is 1.84 bits per heavy atom. The van der Waals surface area contributed by atoms with Crippen LogP contribution in [0, 0.1) is 12.7 Å². The average Bonchev–Trinajstić information content (AvgIpc) is 3.10. The largest absolute Gasteiger partial charge is 0.333 e. The molecule has 130 valence electrons. The van der Waals surface area contributed by atoms with Crippen LogP contribution in [-0.2, 0) is 23.1 Å². The Bertz CT molecular complexity index is 952. The van der Waals surface area contributed by atoms with Crippen LogP contribution in [0.25, 0.3) is 0 Å². The molecule has 1 N–H and O–H groups in total. The number of hydrogen-bond acceptors (Lipinski definition) is 3. The molecule has 3 aromatic rings. The summed E-state index contributed by atoms with van der Waals surface area (Å²) in [7, 11) is -3.75. The molecule has 0 spiro atoms. The van der Waals surface area contributed by atoms with Crippen molar-refractivity contribution in [3.05, 3.63) is 83.7 Å². The van der Waals surface area contributed by atoms with Crippen molar-refractivity contribution in [1.29, 1.82) is 0 Å². The Morgan fingerprint density at radius 1 is 1.12 bits per heavy atom. The molecule has 7 heteroatoms. The van der Waals surface area contributed by atoms with Gasteiger partial charge in [-0.25, -0.2) is 22.5 Å². The number of nitrogens with zero attached hydrogens (tertiary/aromatic N) is 2. The lowest BCUT2D eigenvalue weighted by atomic mass is 10.1. The summed E-state index contributed by atoms with van der Waals surface area (Å²) in [6, 6.07) is 11.5. The summed E-state index contributed by atoms with van der Waals surface area (Å²) in [5.41, 5.74) is 2.32. The fraction of sp³-hybridized carbons (Fsp3) is 0.167. The molecule has 0 unspecified atom stereocenters. The molecule has 0 aliphatic rings. The first-order chi connectivity index (χ1) is 11.9. The van der Waals surface area contributed by atoms with E-state index in [0.29, 0.717) is 12.1 Å². The first kappa shape index (κ1) is 17.3. The van der Waals surface area contributed by atoms with Crippen molar-refractivity contribution in [1.82, 2.24) is 14.3 Å². The van der Waals surface area contributed by atoms with Gasteiger partial charge in [0.25, 0.3) is 0 Å². The van der Waals surface area contributed by atoms with Crippen molar-refractivity contribution in [3.63, 3.8) is 0 Å². The third-order valence-electron chi connectivity index (χ3n) is 3.87. The van der Waals surface area contributed by atoms with E-state index in [1.807, 2.05) is 35.0 Å². The minimum atomic E-state index is -3.75. The molecule has 0 amide bonds. The molecule has 0 aliphatic heterocycles. The Hall–Kier alpha value is -2.51. The lowest BCUT2D eigenvalue weighted by Gasteiger charge is -2.09. The van der Waals surface area contributed by atoms with Gasteiger partial charge in [0.15, 0.2) is 0 Å². The standard InChI is InChI=1S/C18H18FN3O2S/c1-14-2-7-17(10-18(14)19)25(23,24)21-11-15-3-5-16(6-4-15)12-22-9-8-20-13-22/h2-10,13,21H,11-12H2,1H3. The molecule has 3 rings (SSSR count). The molecule has 0 saturated heterocycles. The third-order valence-corrected chi connectivity index (χ3v) is 5.27. The van der Waals surface area contributed by atoms with Crippen LogP contribution in [0.3, 0.4) is 0 Å². The number of halogens is 1. The number of benzene rings is 2. The van der Waals surface area contributed by atoms with Gasteiger partial charge in [-0.1, -0.05) is 30.3 Å². The van der Waals surface area contributed by atoms with Crippen LogP contribution in [0.1, 0.15) is 16.7 Å². The molecule has 1 heterocycles. The highest BCUT2D eigenvalue weighted by Crippen LogP contribution is 2.15. The van der Waals surface area contributed by atoms with E-state index in [1.54, 1.807) is 19.4 Å². The molecule has 2 aromatic carbocycles. The summed E-state index contributed by atoms with van der Waals surface area (Å²) in [6.07, 6.45) is 5.34. The summed E-state index contributed by atoms with van der Waals surface area (Å²) < 4.78 is 42.5. The topological polar surface area (TPSA) is 64.0 Å². The maximum atomic E-state index is 13.6. The van der Waals surface area contributed by atoms with Crippen molar-refractivity contribution < 1.29 is 12.8 Å². The minimum Gasteiger partial charge on any atom is -0.333 e. The van der Waals surface area contributed by atoms with Crippen molar-refractivity contribution in [3.8, 4) is 0 Å². The number of imidazole rings is 1. The van der Waals surface area contributed by atoms with Crippen LogP contribution in [-0.4, -0.2) is 18.0 Å². The number of rotatable bonds is 6. The zero-order valence-corrected chi connectivity index (χ0v) is 14.5. The molecule has 0 aliphatic carbocycles. The second kappa shape index (κ2) is 7.16. The van der Waals surface area contributed by atoms with E-state index in [4.69, 9.17) is 0 Å². The van der Waals surface area contributed by atoms with Crippen molar-refractivity contribution in [2.75, 3.05) is 0 Å². The normalized spacial score (nSPS) is 11.6. The molecule has 5 nitrogen and oxygen atoms in total. The SMILES string of the molecule is Cc1ccc(S(=O)(=O)NCc2ccc(Cn3ccnc3)cc2)cc1F. The Labute approximate surface area is 146 Å². The zero-order valence-electron chi connectivity index (χ0n) is 13.7. The highest BCUT2D eigenvalue weighted by molar-refractivity contribution is 7.89. The van der Waals surface area contributed by atoms with Crippen LogP contribution in [0.5, 0.6) is 0 Å². The van der Waals surface area contributed by atoms with Gasteiger partial charge in [0, 0.05) is 25.5 Å². The predicted octanol–water partition coefficient (Wildman–Crippen LogP) is 2.86. The van der Waals surface area contributed by atoms with Crippen molar-refractivity contribution in [2.45, 2.75) is 24.9 Å². The van der Waals surface area contributed by atoms with Gasteiger partial charge in [-0.05, 0) is 35.7 Å². The molecule has 0 fully saturated rings. The quantitative estimate of drug-likeness (QED) is 0.736.